The molecule has 2 nitrogen and oxygen atoms in total. The molecular formula is C16H25NO. The minimum absolute atomic E-state index is 0.405. The van der Waals surface area contributed by atoms with Crippen LogP contribution in [0.4, 0.5) is 0 Å². The van der Waals surface area contributed by atoms with E-state index < -0.39 is 0 Å². The van der Waals surface area contributed by atoms with Crippen molar-refractivity contribution in [1.82, 2.24) is 5.32 Å². The van der Waals surface area contributed by atoms with Crippen LogP contribution in [0.15, 0.2) is 18.2 Å². The minimum atomic E-state index is 0.405. The highest BCUT2D eigenvalue weighted by atomic mass is 16.5. The Morgan fingerprint density at radius 2 is 2.17 bits per heavy atom. The molecule has 0 aliphatic carbocycles. The molecule has 18 heavy (non-hydrogen) atoms. The van der Waals surface area contributed by atoms with Gasteiger partial charge >= 0.3 is 0 Å². The summed E-state index contributed by atoms with van der Waals surface area (Å²) >= 11 is 0. The summed E-state index contributed by atoms with van der Waals surface area (Å²) in [6.45, 7) is 10.6. The van der Waals surface area contributed by atoms with Crippen LogP contribution in [-0.4, -0.2) is 19.3 Å². The number of ether oxygens (including phenoxy) is 1. The Morgan fingerprint density at radius 1 is 1.39 bits per heavy atom. The van der Waals surface area contributed by atoms with Gasteiger partial charge in [-0.05, 0) is 44.9 Å². The number of hydrogen-bond acceptors (Lipinski definition) is 2. The lowest BCUT2D eigenvalue weighted by Crippen LogP contribution is -2.29. The fraction of sp³-hybridized carbons (Fsp3) is 0.625. The van der Waals surface area contributed by atoms with Gasteiger partial charge in [-0.15, -0.1) is 0 Å². The summed E-state index contributed by atoms with van der Waals surface area (Å²) < 4.78 is 5.74. The van der Waals surface area contributed by atoms with Crippen LogP contribution >= 0.6 is 0 Å². The van der Waals surface area contributed by atoms with E-state index in [1.807, 2.05) is 0 Å². The summed E-state index contributed by atoms with van der Waals surface area (Å²) in [4.78, 5) is 0. The highest BCUT2D eigenvalue weighted by Crippen LogP contribution is 2.33. The number of aryl methyl sites for hydroxylation is 2. The second-order valence-electron chi connectivity index (χ2n) is 5.54. The standard InChI is InChI=1S/C16H25NO/c1-5-17-16(14-9-13(4)18-10-14)15-7-6-11(2)8-12(15)3/h6-8,13-14,16-17H,5,9-10H2,1-4H3. The van der Waals surface area contributed by atoms with Crippen LogP contribution in [0.3, 0.4) is 0 Å². The van der Waals surface area contributed by atoms with Gasteiger partial charge in [0.05, 0.1) is 12.7 Å². The Bertz CT molecular complexity index is 402. The Kier molecular flexibility index (Phi) is 4.41. The summed E-state index contributed by atoms with van der Waals surface area (Å²) in [5.74, 6) is 0.598. The number of rotatable bonds is 4. The molecule has 0 spiro atoms. The molecule has 1 N–H and O–H groups in total. The molecule has 1 fully saturated rings. The first kappa shape index (κ1) is 13.6. The largest absolute Gasteiger partial charge is 0.378 e. The molecule has 0 amide bonds. The smallest absolute Gasteiger partial charge is 0.0551 e. The molecule has 0 aromatic heterocycles. The molecule has 1 aromatic rings. The molecule has 0 radical (unpaired) electrons. The highest BCUT2D eigenvalue weighted by Gasteiger charge is 2.30. The van der Waals surface area contributed by atoms with Gasteiger partial charge in [-0.1, -0.05) is 30.7 Å². The number of hydrogen-bond donors (Lipinski definition) is 1. The van der Waals surface area contributed by atoms with Gasteiger partial charge in [0.1, 0.15) is 0 Å². The van der Waals surface area contributed by atoms with E-state index in [0.717, 1.165) is 19.6 Å². The molecule has 1 heterocycles. The Hall–Kier alpha value is -0.860. The predicted octanol–water partition coefficient (Wildman–Crippen LogP) is 3.38. The van der Waals surface area contributed by atoms with Crippen LogP contribution in [0.1, 0.15) is 43.0 Å². The van der Waals surface area contributed by atoms with Gasteiger partial charge in [0, 0.05) is 12.0 Å². The summed E-state index contributed by atoms with van der Waals surface area (Å²) in [6, 6.07) is 7.20. The molecule has 0 bridgehead atoms. The van der Waals surface area contributed by atoms with E-state index in [0.29, 0.717) is 18.1 Å². The molecule has 1 saturated heterocycles. The molecule has 3 unspecified atom stereocenters. The second-order valence-corrected chi connectivity index (χ2v) is 5.54. The number of nitrogens with one attached hydrogen (secondary N) is 1. The molecule has 2 rings (SSSR count). The van der Waals surface area contributed by atoms with Crippen LogP contribution in [-0.2, 0) is 4.74 Å². The molecule has 100 valence electrons. The molecule has 3 atom stereocenters. The minimum Gasteiger partial charge on any atom is -0.378 e. The fourth-order valence-corrected chi connectivity index (χ4v) is 3.01. The van der Waals surface area contributed by atoms with Gasteiger partial charge in [0.2, 0.25) is 0 Å². The molecule has 0 saturated carbocycles. The van der Waals surface area contributed by atoms with Crippen LogP contribution in [0.2, 0.25) is 0 Å². The van der Waals surface area contributed by atoms with Gasteiger partial charge in [0.25, 0.3) is 0 Å². The zero-order valence-electron chi connectivity index (χ0n) is 12.0. The Morgan fingerprint density at radius 3 is 2.72 bits per heavy atom. The summed E-state index contributed by atoms with van der Waals surface area (Å²) in [5, 5.41) is 3.64. The fourth-order valence-electron chi connectivity index (χ4n) is 3.01. The first-order valence-corrected chi connectivity index (χ1v) is 7.04. The highest BCUT2D eigenvalue weighted by molar-refractivity contribution is 5.33. The third kappa shape index (κ3) is 2.93. The van der Waals surface area contributed by atoms with E-state index in [1.54, 1.807) is 0 Å². The molecule has 1 aromatic carbocycles. The average molecular weight is 247 g/mol. The van der Waals surface area contributed by atoms with E-state index >= 15 is 0 Å². The zero-order valence-corrected chi connectivity index (χ0v) is 12.0. The molecule has 1 aliphatic heterocycles. The quantitative estimate of drug-likeness (QED) is 0.880. The van der Waals surface area contributed by atoms with Crippen LogP contribution in [0.5, 0.6) is 0 Å². The predicted molar refractivity (Wildman–Crippen MR) is 75.9 cm³/mol. The van der Waals surface area contributed by atoms with Crippen LogP contribution in [0.25, 0.3) is 0 Å². The molecule has 1 aliphatic rings. The van der Waals surface area contributed by atoms with Crippen molar-refractivity contribution in [3.8, 4) is 0 Å². The van der Waals surface area contributed by atoms with Crippen molar-refractivity contribution in [2.24, 2.45) is 5.92 Å². The second kappa shape index (κ2) is 5.85. The zero-order chi connectivity index (χ0) is 13.1. The third-order valence-corrected chi connectivity index (χ3v) is 3.89. The van der Waals surface area contributed by atoms with Gasteiger partial charge in [-0.3, -0.25) is 0 Å². The van der Waals surface area contributed by atoms with Gasteiger partial charge < -0.3 is 10.1 Å². The van der Waals surface area contributed by atoms with Crippen molar-refractivity contribution in [2.45, 2.75) is 46.3 Å². The van der Waals surface area contributed by atoms with Crippen molar-refractivity contribution in [3.05, 3.63) is 34.9 Å². The Labute approximate surface area is 111 Å². The van der Waals surface area contributed by atoms with Gasteiger partial charge in [-0.25, -0.2) is 0 Å². The lowest BCUT2D eigenvalue weighted by Gasteiger charge is -2.25. The maximum Gasteiger partial charge on any atom is 0.0551 e. The molecular weight excluding hydrogens is 222 g/mol. The maximum atomic E-state index is 5.74. The first-order valence-electron chi connectivity index (χ1n) is 7.04. The van der Waals surface area contributed by atoms with Crippen LogP contribution in [0, 0.1) is 19.8 Å². The SMILES string of the molecule is CCNC(c1ccc(C)cc1C)C1COC(C)C1. The number of benzene rings is 1. The van der Waals surface area contributed by atoms with Crippen LogP contribution < -0.4 is 5.32 Å². The lowest BCUT2D eigenvalue weighted by atomic mass is 9.88. The van der Waals surface area contributed by atoms with Crippen molar-refractivity contribution >= 4 is 0 Å². The van der Waals surface area contributed by atoms with E-state index in [2.05, 4.69) is 51.2 Å². The monoisotopic (exact) mass is 247 g/mol. The van der Waals surface area contributed by atoms with E-state index in [9.17, 15) is 0 Å². The maximum absolute atomic E-state index is 5.74. The van der Waals surface area contributed by atoms with E-state index in [1.165, 1.54) is 16.7 Å². The lowest BCUT2D eigenvalue weighted by molar-refractivity contribution is 0.117. The van der Waals surface area contributed by atoms with Crippen molar-refractivity contribution < 1.29 is 4.74 Å². The first-order chi connectivity index (χ1) is 8.61. The topological polar surface area (TPSA) is 21.3 Å². The summed E-state index contributed by atoms with van der Waals surface area (Å²) in [6.07, 6.45) is 1.56. The van der Waals surface area contributed by atoms with Crippen molar-refractivity contribution in [2.75, 3.05) is 13.2 Å². The van der Waals surface area contributed by atoms with Gasteiger partial charge in [0.15, 0.2) is 0 Å². The summed E-state index contributed by atoms with van der Waals surface area (Å²) in [7, 11) is 0. The van der Waals surface area contributed by atoms with Gasteiger partial charge in [-0.2, -0.15) is 0 Å². The normalized spacial score (nSPS) is 25.3. The molecule has 2 heteroatoms. The summed E-state index contributed by atoms with van der Waals surface area (Å²) in [5.41, 5.74) is 4.16. The average Bonchev–Trinajstić information content (AvgIpc) is 2.73. The van der Waals surface area contributed by atoms with Crippen molar-refractivity contribution in [1.29, 1.82) is 0 Å². The van der Waals surface area contributed by atoms with E-state index in [-0.39, 0.29) is 0 Å². The third-order valence-electron chi connectivity index (χ3n) is 3.89. The van der Waals surface area contributed by atoms with Crippen molar-refractivity contribution in [3.63, 3.8) is 0 Å². The Balaban J connectivity index is 2.23. The van der Waals surface area contributed by atoms with E-state index in [4.69, 9.17) is 4.74 Å².